The predicted octanol–water partition coefficient (Wildman–Crippen LogP) is 1.87. The van der Waals surface area contributed by atoms with Gasteiger partial charge in [0.05, 0.1) is 43.1 Å². The fourth-order valence-corrected chi connectivity index (χ4v) is 2.99. The molecule has 164 valence electrons. The molecule has 1 aliphatic rings. The predicted molar refractivity (Wildman–Crippen MR) is 108 cm³/mol. The summed E-state index contributed by atoms with van der Waals surface area (Å²) in [6.45, 7) is -0.143. The molecule has 2 aromatic rings. The van der Waals surface area contributed by atoms with Crippen LogP contribution in [0.3, 0.4) is 0 Å². The van der Waals surface area contributed by atoms with Gasteiger partial charge in [-0.25, -0.2) is 13.6 Å². The summed E-state index contributed by atoms with van der Waals surface area (Å²) in [5.74, 6) is -1.75. The Morgan fingerprint density at radius 1 is 1.16 bits per heavy atom. The Balaban J connectivity index is 1.51. The van der Waals surface area contributed by atoms with Crippen molar-refractivity contribution in [3.05, 3.63) is 72.1 Å². The summed E-state index contributed by atoms with van der Waals surface area (Å²) in [5.41, 5.74) is 0.399. The van der Waals surface area contributed by atoms with Crippen molar-refractivity contribution in [2.24, 2.45) is 0 Å². The average Bonchev–Trinajstić information content (AvgIpc) is 2.76. The normalized spacial score (nSPS) is 20.2. The third-order valence-corrected chi connectivity index (χ3v) is 4.52. The highest BCUT2D eigenvalue weighted by atomic mass is 19.1. The highest BCUT2D eigenvalue weighted by molar-refractivity contribution is 5.89. The zero-order valence-electron chi connectivity index (χ0n) is 16.4. The maximum absolute atomic E-state index is 13.7. The van der Waals surface area contributed by atoms with Gasteiger partial charge in [-0.3, -0.25) is 9.78 Å². The molecule has 0 fully saturated rings. The van der Waals surface area contributed by atoms with E-state index in [1.54, 1.807) is 30.5 Å². The van der Waals surface area contributed by atoms with E-state index in [-0.39, 0.29) is 24.6 Å². The molecule has 3 amide bonds. The molecule has 1 aliphatic heterocycles. The fourth-order valence-electron chi connectivity index (χ4n) is 2.99. The molecular formula is C21H22F2N4O4. The first-order valence-electron chi connectivity index (χ1n) is 9.58. The molecule has 3 atom stereocenters. The number of amides is 3. The Labute approximate surface area is 177 Å². The van der Waals surface area contributed by atoms with Gasteiger partial charge in [-0.2, -0.15) is 0 Å². The summed E-state index contributed by atoms with van der Waals surface area (Å²) in [7, 11) is 0. The lowest BCUT2D eigenvalue weighted by molar-refractivity contribution is -0.125. The molecule has 0 saturated carbocycles. The van der Waals surface area contributed by atoms with E-state index in [4.69, 9.17) is 4.74 Å². The molecule has 1 aromatic carbocycles. The second kappa shape index (κ2) is 10.6. The van der Waals surface area contributed by atoms with Crippen molar-refractivity contribution >= 4 is 17.6 Å². The molecule has 0 unspecified atom stereocenters. The van der Waals surface area contributed by atoms with Gasteiger partial charge in [0, 0.05) is 12.3 Å². The number of benzene rings is 1. The number of carbonyl (C=O) groups excluding carboxylic acids is 2. The number of anilines is 1. The summed E-state index contributed by atoms with van der Waals surface area (Å²) < 4.78 is 32.6. The number of hydrogen-bond donors (Lipinski definition) is 4. The van der Waals surface area contributed by atoms with E-state index in [0.29, 0.717) is 5.69 Å². The van der Waals surface area contributed by atoms with Crippen molar-refractivity contribution in [2.45, 2.75) is 31.2 Å². The van der Waals surface area contributed by atoms with Crippen LogP contribution in [-0.4, -0.2) is 46.9 Å². The lowest BCUT2D eigenvalue weighted by Gasteiger charge is -2.31. The molecule has 0 radical (unpaired) electrons. The van der Waals surface area contributed by atoms with E-state index in [9.17, 15) is 23.5 Å². The standard InChI is InChI=1S/C21H22F2N4O4/c22-13-4-6-16(23)18(9-13)27-21(30)26-17-7-5-15(31-19(17)12-28)10-20(29)25-11-14-3-1-2-8-24-14/h1-9,15,17,19,28H,10-12H2,(H,25,29)(H2,26,27,30)/t15-,17+,19-/m0/s1. The number of hydrogen-bond acceptors (Lipinski definition) is 5. The van der Waals surface area contributed by atoms with Gasteiger partial charge in [-0.1, -0.05) is 18.2 Å². The Kier molecular flexibility index (Phi) is 7.63. The first kappa shape index (κ1) is 22.3. The molecule has 10 heteroatoms. The number of rotatable bonds is 7. The fraction of sp³-hybridized carbons (Fsp3) is 0.286. The second-order valence-corrected chi connectivity index (χ2v) is 6.83. The number of halogens is 2. The number of aliphatic hydroxyl groups is 1. The lowest BCUT2D eigenvalue weighted by Crippen LogP contribution is -2.50. The van der Waals surface area contributed by atoms with E-state index in [0.717, 1.165) is 18.2 Å². The number of urea groups is 1. The van der Waals surface area contributed by atoms with Crippen LogP contribution in [0.4, 0.5) is 19.3 Å². The molecule has 0 saturated heterocycles. The van der Waals surface area contributed by atoms with Crippen LogP contribution in [0.5, 0.6) is 0 Å². The zero-order valence-corrected chi connectivity index (χ0v) is 16.4. The van der Waals surface area contributed by atoms with Crippen molar-refractivity contribution in [3.8, 4) is 0 Å². The number of aromatic nitrogens is 1. The Morgan fingerprint density at radius 2 is 2.00 bits per heavy atom. The Hall–Kier alpha value is -3.37. The van der Waals surface area contributed by atoms with E-state index >= 15 is 0 Å². The van der Waals surface area contributed by atoms with Crippen molar-refractivity contribution < 1.29 is 28.2 Å². The molecule has 0 spiro atoms. The van der Waals surface area contributed by atoms with Gasteiger partial charge < -0.3 is 25.8 Å². The Morgan fingerprint density at radius 3 is 2.74 bits per heavy atom. The summed E-state index contributed by atoms with van der Waals surface area (Å²) in [4.78, 5) is 28.4. The summed E-state index contributed by atoms with van der Waals surface area (Å²) >= 11 is 0. The molecule has 0 bridgehead atoms. The van der Waals surface area contributed by atoms with Crippen LogP contribution in [0.2, 0.25) is 0 Å². The Bertz CT molecular complexity index is 942. The topological polar surface area (TPSA) is 113 Å². The van der Waals surface area contributed by atoms with E-state index < -0.39 is 42.5 Å². The van der Waals surface area contributed by atoms with Gasteiger partial charge in [-0.15, -0.1) is 0 Å². The molecular weight excluding hydrogens is 410 g/mol. The van der Waals surface area contributed by atoms with Crippen LogP contribution in [0.1, 0.15) is 12.1 Å². The smallest absolute Gasteiger partial charge is 0.319 e. The van der Waals surface area contributed by atoms with Crippen LogP contribution in [0.25, 0.3) is 0 Å². The van der Waals surface area contributed by atoms with Crippen LogP contribution < -0.4 is 16.0 Å². The maximum atomic E-state index is 13.7. The van der Waals surface area contributed by atoms with Crippen LogP contribution >= 0.6 is 0 Å². The average molecular weight is 432 g/mol. The second-order valence-electron chi connectivity index (χ2n) is 6.83. The molecule has 2 heterocycles. The minimum atomic E-state index is -0.818. The minimum absolute atomic E-state index is 0.0211. The third kappa shape index (κ3) is 6.56. The van der Waals surface area contributed by atoms with Crippen molar-refractivity contribution in [1.82, 2.24) is 15.6 Å². The summed E-state index contributed by atoms with van der Waals surface area (Å²) in [6, 6.07) is 6.54. The molecule has 3 rings (SSSR count). The van der Waals surface area contributed by atoms with Crippen LogP contribution in [-0.2, 0) is 16.1 Å². The maximum Gasteiger partial charge on any atom is 0.319 e. The number of nitrogens with zero attached hydrogens (tertiary/aromatic N) is 1. The van der Waals surface area contributed by atoms with E-state index in [2.05, 4.69) is 20.9 Å². The van der Waals surface area contributed by atoms with E-state index in [1.807, 2.05) is 6.07 Å². The molecule has 4 N–H and O–H groups in total. The van der Waals surface area contributed by atoms with Crippen molar-refractivity contribution in [2.75, 3.05) is 11.9 Å². The first-order valence-corrected chi connectivity index (χ1v) is 9.58. The third-order valence-electron chi connectivity index (χ3n) is 4.52. The SMILES string of the molecule is O=C(C[C@@H]1C=C[C@@H](NC(=O)Nc2cc(F)ccc2F)[C@H](CO)O1)NCc1ccccn1. The van der Waals surface area contributed by atoms with Crippen molar-refractivity contribution in [1.29, 1.82) is 0 Å². The van der Waals surface area contributed by atoms with Crippen molar-refractivity contribution in [3.63, 3.8) is 0 Å². The van der Waals surface area contributed by atoms with Gasteiger partial charge in [-0.05, 0) is 24.3 Å². The molecule has 1 aromatic heterocycles. The number of carbonyl (C=O) groups is 2. The van der Waals surface area contributed by atoms with Gasteiger partial charge in [0.15, 0.2) is 0 Å². The lowest BCUT2D eigenvalue weighted by atomic mass is 10.0. The van der Waals surface area contributed by atoms with Gasteiger partial charge in [0.2, 0.25) is 5.91 Å². The number of ether oxygens (including phenoxy) is 1. The van der Waals surface area contributed by atoms with E-state index in [1.165, 1.54) is 0 Å². The molecule has 8 nitrogen and oxygen atoms in total. The molecule has 31 heavy (non-hydrogen) atoms. The number of aliphatic hydroxyl groups excluding tert-OH is 1. The van der Waals surface area contributed by atoms with Crippen LogP contribution in [0.15, 0.2) is 54.7 Å². The largest absolute Gasteiger partial charge is 0.394 e. The van der Waals surface area contributed by atoms with Gasteiger partial charge in [0.25, 0.3) is 0 Å². The monoisotopic (exact) mass is 432 g/mol. The molecule has 0 aliphatic carbocycles. The van der Waals surface area contributed by atoms with Gasteiger partial charge in [0.1, 0.15) is 17.7 Å². The highest BCUT2D eigenvalue weighted by Gasteiger charge is 2.29. The number of nitrogens with one attached hydrogen (secondary N) is 3. The highest BCUT2D eigenvalue weighted by Crippen LogP contribution is 2.18. The minimum Gasteiger partial charge on any atom is -0.394 e. The number of pyridine rings is 1. The quantitative estimate of drug-likeness (QED) is 0.499. The zero-order chi connectivity index (χ0) is 22.2. The summed E-state index contributed by atoms with van der Waals surface area (Å²) in [6.07, 6.45) is 3.42. The first-order chi connectivity index (χ1) is 14.9. The van der Waals surface area contributed by atoms with Crippen LogP contribution in [0, 0.1) is 11.6 Å². The van der Waals surface area contributed by atoms with Gasteiger partial charge >= 0.3 is 6.03 Å². The summed E-state index contributed by atoms with van der Waals surface area (Å²) in [5, 5.41) is 17.1.